The van der Waals surface area contributed by atoms with Crippen LogP contribution in [0.1, 0.15) is 22.3 Å². The molecule has 9 heteroatoms. The molecule has 2 aromatic rings. The molecular weight excluding hydrogens is 364 g/mol. The summed E-state index contributed by atoms with van der Waals surface area (Å²) in [4.78, 5) is 48.3. The first kappa shape index (κ1) is 19.0. The van der Waals surface area contributed by atoms with Gasteiger partial charge >= 0.3 is 0 Å². The minimum Gasteiger partial charge on any atom is -0.312 e. The fourth-order valence-corrected chi connectivity index (χ4v) is 2.91. The van der Waals surface area contributed by atoms with Crippen LogP contribution in [-0.4, -0.2) is 29.2 Å². The van der Waals surface area contributed by atoms with Crippen LogP contribution >= 0.6 is 0 Å². The predicted molar refractivity (Wildman–Crippen MR) is 100 cm³/mol. The molecule has 3 amide bonds. The number of benzene rings is 2. The highest BCUT2D eigenvalue weighted by molar-refractivity contribution is 6.01. The number of hydrazine groups is 1. The van der Waals surface area contributed by atoms with Crippen molar-refractivity contribution < 1.29 is 19.3 Å². The number of carbonyl (C=O) groups is 3. The van der Waals surface area contributed by atoms with Gasteiger partial charge in [0.1, 0.15) is 0 Å². The number of non-ortho nitro benzene ring substituents is 1. The molecule has 2 aromatic carbocycles. The first-order valence-corrected chi connectivity index (χ1v) is 8.57. The molecule has 2 N–H and O–H groups in total. The molecule has 0 spiro atoms. The van der Waals surface area contributed by atoms with Crippen molar-refractivity contribution >= 4 is 29.1 Å². The maximum absolute atomic E-state index is 12.3. The van der Waals surface area contributed by atoms with Gasteiger partial charge in [0, 0.05) is 36.3 Å². The molecule has 1 heterocycles. The summed E-state index contributed by atoms with van der Waals surface area (Å²) in [7, 11) is 0. The topological polar surface area (TPSA) is 122 Å². The summed E-state index contributed by atoms with van der Waals surface area (Å²) in [6.07, 6.45) is 0.0341. The smallest absolute Gasteiger partial charge is 0.270 e. The van der Waals surface area contributed by atoms with E-state index in [1.807, 2.05) is 31.2 Å². The van der Waals surface area contributed by atoms with E-state index in [0.717, 1.165) is 11.6 Å². The second kappa shape index (κ2) is 7.87. The SMILES string of the molecule is Cc1ccc(N2C[C@@H](C(=O)NNC(=O)c3cccc([N+](=O)[O-])c3)CC2=O)cc1. The van der Waals surface area contributed by atoms with Gasteiger partial charge in [-0.05, 0) is 25.1 Å². The van der Waals surface area contributed by atoms with Crippen molar-refractivity contribution in [1.29, 1.82) is 0 Å². The molecule has 0 bridgehead atoms. The van der Waals surface area contributed by atoms with Crippen LogP contribution in [0.2, 0.25) is 0 Å². The summed E-state index contributed by atoms with van der Waals surface area (Å²) in [5, 5.41) is 10.8. The minimum atomic E-state index is -0.684. The number of amides is 3. The lowest BCUT2D eigenvalue weighted by molar-refractivity contribution is -0.384. The standard InChI is InChI=1S/C19H18N4O5/c1-12-5-7-15(8-6-12)22-11-14(10-17(22)24)19(26)21-20-18(25)13-3-2-4-16(9-13)23(27)28/h2-9,14H,10-11H2,1H3,(H,20,25)(H,21,26)/t14-/m0/s1. The number of anilines is 1. The van der Waals surface area contributed by atoms with Gasteiger partial charge in [-0.3, -0.25) is 35.3 Å². The van der Waals surface area contributed by atoms with Gasteiger partial charge in [-0.15, -0.1) is 0 Å². The van der Waals surface area contributed by atoms with Gasteiger partial charge in [0.2, 0.25) is 11.8 Å². The van der Waals surface area contributed by atoms with Crippen molar-refractivity contribution in [2.24, 2.45) is 5.92 Å². The van der Waals surface area contributed by atoms with E-state index in [-0.39, 0.29) is 30.1 Å². The number of rotatable bonds is 4. The highest BCUT2D eigenvalue weighted by Crippen LogP contribution is 2.25. The molecule has 1 saturated heterocycles. The van der Waals surface area contributed by atoms with Crippen molar-refractivity contribution in [3.8, 4) is 0 Å². The zero-order valence-electron chi connectivity index (χ0n) is 15.0. The number of aryl methyl sites for hydroxylation is 1. The first-order valence-electron chi connectivity index (χ1n) is 8.57. The Balaban J connectivity index is 1.59. The predicted octanol–water partition coefficient (Wildman–Crippen LogP) is 1.72. The van der Waals surface area contributed by atoms with Crippen molar-refractivity contribution in [2.45, 2.75) is 13.3 Å². The van der Waals surface area contributed by atoms with Gasteiger partial charge in [0.25, 0.3) is 11.6 Å². The Labute approximate surface area is 160 Å². The van der Waals surface area contributed by atoms with E-state index < -0.39 is 22.7 Å². The fourth-order valence-electron chi connectivity index (χ4n) is 2.91. The normalized spacial score (nSPS) is 16.0. The zero-order chi connectivity index (χ0) is 20.3. The Morgan fingerprint density at radius 2 is 1.86 bits per heavy atom. The van der Waals surface area contributed by atoms with Crippen LogP contribution in [0, 0.1) is 23.0 Å². The Morgan fingerprint density at radius 3 is 2.54 bits per heavy atom. The van der Waals surface area contributed by atoms with E-state index in [9.17, 15) is 24.5 Å². The van der Waals surface area contributed by atoms with Gasteiger partial charge in [0.05, 0.1) is 10.8 Å². The van der Waals surface area contributed by atoms with Crippen LogP contribution in [0.4, 0.5) is 11.4 Å². The van der Waals surface area contributed by atoms with Crippen LogP contribution in [-0.2, 0) is 9.59 Å². The average molecular weight is 382 g/mol. The van der Waals surface area contributed by atoms with E-state index in [0.29, 0.717) is 5.69 Å². The zero-order valence-corrected chi connectivity index (χ0v) is 15.0. The number of carbonyl (C=O) groups excluding carboxylic acids is 3. The number of hydrogen-bond acceptors (Lipinski definition) is 5. The summed E-state index contributed by atoms with van der Waals surface area (Å²) in [5.41, 5.74) is 6.10. The Kier molecular flexibility index (Phi) is 5.35. The average Bonchev–Trinajstić information content (AvgIpc) is 3.08. The molecular formula is C19H18N4O5. The lowest BCUT2D eigenvalue weighted by atomic mass is 10.1. The van der Waals surface area contributed by atoms with Gasteiger partial charge in [-0.25, -0.2) is 0 Å². The van der Waals surface area contributed by atoms with E-state index in [1.54, 1.807) is 0 Å². The molecule has 0 aromatic heterocycles. The number of nitrogens with zero attached hydrogens (tertiary/aromatic N) is 2. The maximum Gasteiger partial charge on any atom is 0.270 e. The van der Waals surface area contributed by atoms with E-state index >= 15 is 0 Å². The molecule has 1 aliphatic heterocycles. The molecule has 1 fully saturated rings. The third-order valence-electron chi connectivity index (χ3n) is 4.46. The van der Waals surface area contributed by atoms with Crippen LogP contribution in [0.5, 0.6) is 0 Å². The first-order chi connectivity index (χ1) is 13.3. The van der Waals surface area contributed by atoms with Gasteiger partial charge in [-0.1, -0.05) is 23.8 Å². The fraction of sp³-hybridized carbons (Fsp3) is 0.211. The molecule has 1 aliphatic rings. The minimum absolute atomic E-state index is 0.0341. The molecule has 0 radical (unpaired) electrons. The Morgan fingerprint density at radius 1 is 1.14 bits per heavy atom. The van der Waals surface area contributed by atoms with Gasteiger partial charge in [-0.2, -0.15) is 0 Å². The summed E-state index contributed by atoms with van der Waals surface area (Å²) in [5.74, 6) is -1.97. The summed E-state index contributed by atoms with van der Waals surface area (Å²) in [6, 6.07) is 12.6. The molecule has 144 valence electrons. The molecule has 0 saturated carbocycles. The summed E-state index contributed by atoms with van der Waals surface area (Å²) >= 11 is 0. The largest absolute Gasteiger partial charge is 0.312 e. The second-order valence-corrected chi connectivity index (χ2v) is 6.49. The molecule has 0 unspecified atom stereocenters. The highest BCUT2D eigenvalue weighted by Gasteiger charge is 2.35. The molecule has 1 atom stereocenters. The van der Waals surface area contributed by atoms with Crippen LogP contribution in [0.15, 0.2) is 48.5 Å². The second-order valence-electron chi connectivity index (χ2n) is 6.49. The van der Waals surface area contributed by atoms with Crippen LogP contribution in [0.25, 0.3) is 0 Å². The third kappa shape index (κ3) is 4.14. The summed E-state index contributed by atoms with van der Waals surface area (Å²) in [6.45, 7) is 2.15. The quantitative estimate of drug-likeness (QED) is 0.616. The van der Waals surface area contributed by atoms with Crippen LogP contribution < -0.4 is 15.8 Å². The molecule has 9 nitrogen and oxygen atoms in total. The van der Waals surface area contributed by atoms with Crippen LogP contribution in [0.3, 0.4) is 0 Å². The van der Waals surface area contributed by atoms with E-state index in [4.69, 9.17) is 0 Å². The van der Waals surface area contributed by atoms with Gasteiger partial charge in [0.15, 0.2) is 0 Å². The van der Waals surface area contributed by atoms with Crippen molar-refractivity contribution in [3.05, 3.63) is 69.8 Å². The molecule has 0 aliphatic carbocycles. The lowest BCUT2D eigenvalue weighted by Gasteiger charge is -2.17. The number of nitro benzene ring substituents is 1. The van der Waals surface area contributed by atoms with Crippen molar-refractivity contribution in [3.63, 3.8) is 0 Å². The molecule has 3 rings (SSSR count). The van der Waals surface area contributed by atoms with E-state index in [1.165, 1.54) is 23.1 Å². The third-order valence-corrected chi connectivity index (χ3v) is 4.46. The van der Waals surface area contributed by atoms with Crippen molar-refractivity contribution in [2.75, 3.05) is 11.4 Å². The van der Waals surface area contributed by atoms with E-state index in [2.05, 4.69) is 10.9 Å². The number of nitro groups is 1. The number of nitrogens with one attached hydrogen (secondary N) is 2. The Bertz CT molecular complexity index is 942. The number of hydrogen-bond donors (Lipinski definition) is 2. The molecule has 28 heavy (non-hydrogen) atoms. The van der Waals surface area contributed by atoms with Crippen molar-refractivity contribution in [1.82, 2.24) is 10.9 Å². The maximum atomic E-state index is 12.3. The lowest BCUT2D eigenvalue weighted by Crippen LogP contribution is -2.45. The Hall–Kier alpha value is -3.75. The highest BCUT2D eigenvalue weighted by atomic mass is 16.6. The van der Waals surface area contributed by atoms with Gasteiger partial charge < -0.3 is 4.90 Å². The monoisotopic (exact) mass is 382 g/mol. The summed E-state index contributed by atoms with van der Waals surface area (Å²) < 4.78 is 0.